The van der Waals surface area contributed by atoms with E-state index in [-0.39, 0.29) is 40.8 Å². The van der Waals surface area contributed by atoms with Crippen LogP contribution in [-0.2, 0) is 13.0 Å². The molecule has 11 heteroatoms. The average molecular weight is 516 g/mol. The van der Waals surface area contributed by atoms with Gasteiger partial charge in [0.1, 0.15) is 17.0 Å². The highest BCUT2D eigenvalue weighted by atomic mass is 35.5. The standard InChI is InChI=1S/C24H23ClFN5O3S/c1-12-7-8-30(14-5-6-14)18-11-29-10-15(21(32)22(33)20(29)24(34)31(12)18)23-28-27-17(35-23)9-13-3-2-4-16(25)19(13)26/h2-4,10,12,14,18,33H,5-9,11H2,1H3/t12-,18-/m0/s1. The Labute approximate surface area is 209 Å². The van der Waals surface area contributed by atoms with E-state index in [1.165, 1.54) is 6.07 Å². The molecule has 1 aromatic carbocycles. The normalized spacial score (nSPS) is 22.3. The molecule has 3 aliphatic rings. The highest BCUT2D eigenvalue weighted by Crippen LogP contribution is 2.38. The monoisotopic (exact) mass is 515 g/mol. The van der Waals surface area contributed by atoms with E-state index in [2.05, 4.69) is 15.1 Å². The molecule has 0 radical (unpaired) electrons. The molecule has 1 aliphatic carbocycles. The molecule has 2 aliphatic heterocycles. The zero-order chi connectivity index (χ0) is 24.4. The molecule has 3 aromatic rings. The number of nitrogens with zero attached hydrogens (tertiary/aromatic N) is 5. The zero-order valence-electron chi connectivity index (χ0n) is 18.9. The van der Waals surface area contributed by atoms with Gasteiger partial charge in [-0.25, -0.2) is 4.39 Å². The molecule has 4 heterocycles. The largest absolute Gasteiger partial charge is 0.503 e. The second-order valence-corrected chi connectivity index (χ2v) is 10.9. The highest BCUT2D eigenvalue weighted by Gasteiger charge is 2.47. The molecule has 182 valence electrons. The Balaban J connectivity index is 1.36. The zero-order valence-corrected chi connectivity index (χ0v) is 20.5. The van der Waals surface area contributed by atoms with Crippen LogP contribution in [0.5, 0.6) is 5.75 Å². The summed E-state index contributed by atoms with van der Waals surface area (Å²) in [7, 11) is 0. The maximum atomic E-state index is 14.3. The topological polar surface area (TPSA) is 91.6 Å². The number of hydrogen-bond donors (Lipinski definition) is 1. The Kier molecular flexibility index (Phi) is 5.43. The number of aromatic nitrogens is 3. The molecule has 1 amide bonds. The maximum absolute atomic E-state index is 14.3. The van der Waals surface area contributed by atoms with Gasteiger partial charge < -0.3 is 14.6 Å². The van der Waals surface area contributed by atoms with Crippen LogP contribution in [0.1, 0.15) is 47.2 Å². The fourth-order valence-corrected chi connectivity index (χ4v) is 6.25. The van der Waals surface area contributed by atoms with Crippen molar-refractivity contribution >= 4 is 28.8 Å². The first-order valence-corrected chi connectivity index (χ1v) is 12.8. The van der Waals surface area contributed by atoms with Gasteiger partial charge >= 0.3 is 0 Å². The van der Waals surface area contributed by atoms with Gasteiger partial charge in [0.25, 0.3) is 5.91 Å². The van der Waals surface area contributed by atoms with E-state index in [1.807, 2.05) is 11.8 Å². The lowest BCUT2D eigenvalue weighted by atomic mass is 10.0. The van der Waals surface area contributed by atoms with Crippen LogP contribution in [0.2, 0.25) is 5.02 Å². The summed E-state index contributed by atoms with van der Waals surface area (Å²) in [6.45, 7) is 3.40. The molecule has 1 N–H and O–H groups in total. The number of rotatable bonds is 4. The van der Waals surface area contributed by atoms with Crippen LogP contribution < -0.4 is 5.43 Å². The fraction of sp³-hybridized carbons (Fsp3) is 0.417. The molecule has 0 bridgehead atoms. The lowest BCUT2D eigenvalue weighted by Crippen LogP contribution is -2.64. The van der Waals surface area contributed by atoms with E-state index >= 15 is 0 Å². The number of pyridine rings is 1. The van der Waals surface area contributed by atoms with Gasteiger partial charge in [-0.1, -0.05) is 35.1 Å². The van der Waals surface area contributed by atoms with E-state index in [4.69, 9.17) is 11.6 Å². The minimum atomic E-state index is -0.664. The average Bonchev–Trinajstić information content (AvgIpc) is 3.57. The van der Waals surface area contributed by atoms with E-state index < -0.39 is 17.0 Å². The predicted molar refractivity (Wildman–Crippen MR) is 129 cm³/mol. The van der Waals surface area contributed by atoms with Crippen LogP contribution in [-0.4, -0.2) is 60.4 Å². The first kappa shape index (κ1) is 22.6. The second kappa shape index (κ2) is 8.39. The third kappa shape index (κ3) is 3.75. The van der Waals surface area contributed by atoms with Crippen molar-refractivity contribution in [3.63, 3.8) is 0 Å². The van der Waals surface area contributed by atoms with Crippen molar-refractivity contribution < 1.29 is 14.3 Å². The van der Waals surface area contributed by atoms with Crippen LogP contribution in [0.25, 0.3) is 10.6 Å². The third-order valence-electron chi connectivity index (χ3n) is 7.12. The maximum Gasteiger partial charge on any atom is 0.276 e. The van der Waals surface area contributed by atoms with Crippen molar-refractivity contribution in [2.45, 2.75) is 57.4 Å². The summed E-state index contributed by atoms with van der Waals surface area (Å²) < 4.78 is 16.0. The molecule has 0 spiro atoms. The van der Waals surface area contributed by atoms with Crippen molar-refractivity contribution in [2.75, 3.05) is 6.54 Å². The van der Waals surface area contributed by atoms with Crippen molar-refractivity contribution in [1.82, 2.24) is 24.6 Å². The number of fused-ring (bicyclic) bond motifs is 2. The minimum Gasteiger partial charge on any atom is -0.503 e. The second-order valence-electron chi connectivity index (χ2n) is 9.41. The lowest BCUT2D eigenvalue weighted by Gasteiger charge is -2.50. The fourth-order valence-electron chi connectivity index (χ4n) is 5.19. The molecule has 2 fully saturated rings. The SMILES string of the molecule is C[C@H]1CCN(C2CC2)[C@@H]2Cn3cc(-c4nnc(Cc5cccc(Cl)c5F)s4)c(=O)c(O)c3C(=O)N12. The first-order valence-electron chi connectivity index (χ1n) is 11.6. The summed E-state index contributed by atoms with van der Waals surface area (Å²) in [5.41, 5.74) is -0.0965. The molecule has 1 saturated heterocycles. The van der Waals surface area contributed by atoms with Gasteiger partial charge in [0.2, 0.25) is 5.43 Å². The Hall–Kier alpha value is -2.82. The van der Waals surface area contributed by atoms with Crippen LogP contribution >= 0.6 is 22.9 Å². The molecule has 35 heavy (non-hydrogen) atoms. The summed E-state index contributed by atoms with van der Waals surface area (Å²) in [5, 5.41) is 19.9. The number of aromatic hydroxyl groups is 1. The van der Waals surface area contributed by atoms with Crippen molar-refractivity contribution in [3.8, 4) is 16.3 Å². The highest BCUT2D eigenvalue weighted by molar-refractivity contribution is 7.14. The number of amides is 1. The van der Waals surface area contributed by atoms with Gasteiger partial charge in [0, 0.05) is 31.2 Å². The summed E-state index contributed by atoms with van der Waals surface area (Å²) in [6.07, 6.45) is 4.77. The summed E-state index contributed by atoms with van der Waals surface area (Å²) in [4.78, 5) is 30.7. The summed E-state index contributed by atoms with van der Waals surface area (Å²) in [6, 6.07) is 5.27. The molecule has 0 unspecified atom stereocenters. The third-order valence-corrected chi connectivity index (χ3v) is 8.37. The predicted octanol–water partition coefficient (Wildman–Crippen LogP) is 3.49. The van der Waals surface area contributed by atoms with Gasteiger partial charge in [-0.3, -0.25) is 14.5 Å². The number of carbonyl (C=O) groups excluding carboxylic acids is 1. The van der Waals surface area contributed by atoms with E-state index in [0.717, 1.165) is 37.1 Å². The van der Waals surface area contributed by atoms with Crippen LogP contribution in [0, 0.1) is 5.82 Å². The van der Waals surface area contributed by atoms with Gasteiger partial charge in [0.15, 0.2) is 16.5 Å². The van der Waals surface area contributed by atoms with E-state index in [0.29, 0.717) is 28.2 Å². The Morgan fingerprint density at radius 3 is 2.80 bits per heavy atom. The molecule has 8 nitrogen and oxygen atoms in total. The van der Waals surface area contributed by atoms with Gasteiger partial charge in [-0.2, -0.15) is 0 Å². The number of carbonyl (C=O) groups is 1. The molecule has 2 aromatic heterocycles. The molecule has 2 atom stereocenters. The van der Waals surface area contributed by atoms with E-state index in [9.17, 15) is 19.1 Å². The molecular formula is C24H23ClFN5O3S. The smallest absolute Gasteiger partial charge is 0.276 e. The van der Waals surface area contributed by atoms with Crippen molar-refractivity contribution in [1.29, 1.82) is 0 Å². The molecule has 6 rings (SSSR count). The van der Waals surface area contributed by atoms with Gasteiger partial charge in [-0.15, -0.1) is 10.2 Å². The minimum absolute atomic E-state index is 0.0187. The Morgan fingerprint density at radius 2 is 2.03 bits per heavy atom. The Morgan fingerprint density at radius 1 is 1.23 bits per heavy atom. The van der Waals surface area contributed by atoms with E-state index in [1.54, 1.807) is 22.9 Å². The van der Waals surface area contributed by atoms with Crippen molar-refractivity contribution in [2.24, 2.45) is 0 Å². The van der Waals surface area contributed by atoms with Gasteiger partial charge in [-0.05, 0) is 37.8 Å². The van der Waals surface area contributed by atoms with Crippen LogP contribution in [0.15, 0.2) is 29.2 Å². The lowest BCUT2D eigenvalue weighted by molar-refractivity contribution is -0.0362. The number of benzene rings is 1. The van der Waals surface area contributed by atoms with Gasteiger partial charge in [0.05, 0.1) is 17.1 Å². The first-order chi connectivity index (χ1) is 16.8. The molecule has 1 saturated carbocycles. The molecular weight excluding hydrogens is 493 g/mol. The van der Waals surface area contributed by atoms with Crippen LogP contribution in [0.4, 0.5) is 4.39 Å². The van der Waals surface area contributed by atoms with Crippen LogP contribution in [0.3, 0.4) is 0 Å². The number of halogens is 2. The van der Waals surface area contributed by atoms with Crippen molar-refractivity contribution in [3.05, 3.63) is 61.7 Å². The Bertz CT molecular complexity index is 1400. The summed E-state index contributed by atoms with van der Waals surface area (Å²) >= 11 is 7.02. The number of hydrogen-bond acceptors (Lipinski definition) is 7. The quantitative estimate of drug-likeness (QED) is 0.572. The summed E-state index contributed by atoms with van der Waals surface area (Å²) in [5.74, 6) is -1.41.